The van der Waals surface area contributed by atoms with Crippen molar-refractivity contribution in [3.8, 4) is 0 Å². The molecule has 0 amide bonds. The maximum absolute atomic E-state index is 5.79. The minimum atomic E-state index is 0.290. The fraction of sp³-hybridized carbons (Fsp3) is 0.562. The van der Waals surface area contributed by atoms with Crippen molar-refractivity contribution in [1.82, 2.24) is 10.3 Å². The second-order valence-corrected chi connectivity index (χ2v) is 6.29. The molecule has 0 aliphatic heterocycles. The topological polar surface area (TPSA) is 38.1 Å². The molecule has 0 fully saturated rings. The number of hydrogen-bond donors (Lipinski definition) is 1. The van der Waals surface area contributed by atoms with Crippen molar-refractivity contribution in [2.75, 3.05) is 6.54 Å². The third kappa shape index (κ3) is 3.30. The molecular weight excluding hydrogens is 268 g/mol. The van der Waals surface area contributed by atoms with Crippen molar-refractivity contribution in [2.45, 2.75) is 53.5 Å². The summed E-state index contributed by atoms with van der Waals surface area (Å²) in [5, 5.41) is 6.95. The maximum Gasteiger partial charge on any atom is 0.106 e. The Morgan fingerprint density at radius 2 is 2.00 bits per heavy atom. The number of hydrogen-bond acceptors (Lipinski definition) is 4. The SMILES string of the molecule is CCCNC(Cc1nc(C)cs1)c1c(C)oc(C)c1C. The summed E-state index contributed by atoms with van der Waals surface area (Å²) in [5.74, 6) is 2.05. The van der Waals surface area contributed by atoms with Crippen molar-refractivity contribution in [1.29, 1.82) is 0 Å². The fourth-order valence-corrected chi connectivity index (χ4v) is 3.41. The highest BCUT2D eigenvalue weighted by molar-refractivity contribution is 7.09. The molecule has 0 aliphatic rings. The van der Waals surface area contributed by atoms with E-state index in [2.05, 4.69) is 36.5 Å². The molecule has 0 saturated heterocycles. The Bertz CT molecular complexity index is 571. The normalized spacial score (nSPS) is 12.8. The maximum atomic E-state index is 5.79. The highest BCUT2D eigenvalue weighted by atomic mass is 32.1. The van der Waals surface area contributed by atoms with Gasteiger partial charge >= 0.3 is 0 Å². The van der Waals surface area contributed by atoms with Crippen LogP contribution in [-0.2, 0) is 6.42 Å². The average molecular weight is 292 g/mol. The van der Waals surface area contributed by atoms with Gasteiger partial charge < -0.3 is 9.73 Å². The molecule has 20 heavy (non-hydrogen) atoms. The van der Waals surface area contributed by atoms with Crippen molar-refractivity contribution in [2.24, 2.45) is 0 Å². The second kappa shape index (κ2) is 6.55. The summed E-state index contributed by atoms with van der Waals surface area (Å²) in [4.78, 5) is 4.60. The minimum absolute atomic E-state index is 0.290. The van der Waals surface area contributed by atoms with Crippen LogP contribution in [0.1, 0.15) is 52.7 Å². The third-order valence-corrected chi connectivity index (χ3v) is 4.64. The largest absolute Gasteiger partial charge is 0.466 e. The van der Waals surface area contributed by atoms with Crippen LogP contribution >= 0.6 is 11.3 Å². The van der Waals surface area contributed by atoms with E-state index in [0.29, 0.717) is 0 Å². The van der Waals surface area contributed by atoms with Gasteiger partial charge in [0.1, 0.15) is 11.5 Å². The first-order valence-corrected chi connectivity index (χ1v) is 8.11. The molecule has 110 valence electrons. The Kier molecular flexibility index (Phi) is 5.00. The minimum Gasteiger partial charge on any atom is -0.466 e. The van der Waals surface area contributed by atoms with Crippen LogP contribution in [0.25, 0.3) is 0 Å². The first kappa shape index (κ1) is 15.3. The van der Waals surface area contributed by atoms with Crippen LogP contribution in [-0.4, -0.2) is 11.5 Å². The average Bonchev–Trinajstić information content (AvgIpc) is 2.90. The van der Waals surface area contributed by atoms with E-state index in [1.54, 1.807) is 11.3 Å². The first-order valence-electron chi connectivity index (χ1n) is 7.23. The van der Waals surface area contributed by atoms with E-state index < -0.39 is 0 Å². The van der Waals surface area contributed by atoms with E-state index in [1.807, 2.05) is 13.8 Å². The lowest BCUT2D eigenvalue weighted by Gasteiger charge is -2.18. The van der Waals surface area contributed by atoms with Crippen LogP contribution < -0.4 is 5.32 Å². The second-order valence-electron chi connectivity index (χ2n) is 5.35. The number of nitrogens with one attached hydrogen (secondary N) is 1. The fourth-order valence-electron chi connectivity index (χ4n) is 2.59. The molecule has 0 aromatic carbocycles. The molecule has 1 N–H and O–H groups in total. The van der Waals surface area contributed by atoms with Crippen molar-refractivity contribution in [3.63, 3.8) is 0 Å². The Balaban J connectivity index is 2.26. The molecule has 0 bridgehead atoms. The number of thiazole rings is 1. The molecule has 2 aromatic rings. The molecule has 0 saturated carbocycles. The van der Waals surface area contributed by atoms with Gasteiger partial charge in [0.2, 0.25) is 0 Å². The van der Waals surface area contributed by atoms with Gasteiger partial charge in [0.25, 0.3) is 0 Å². The number of aryl methyl sites for hydroxylation is 3. The summed E-state index contributed by atoms with van der Waals surface area (Å²) < 4.78 is 5.79. The van der Waals surface area contributed by atoms with Gasteiger partial charge in [-0.15, -0.1) is 11.3 Å². The lowest BCUT2D eigenvalue weighted by Crippen LogP contribution is -2.25. The van der Waals surface area contributed by atoms with Gasteiger partial charge in [-0.2, -0.15) is 0 Å². The van der Waals surface area contributed by atoms with E-state index in [0.717, 1.165) is 36.6 Å². The van der Waals surface area contributed by atoms with Gasteiger partial charge in [0, 0.05) is 29.1 Å². The molecular formula is C16H24N2OS. The molecule has 2 rings (SSSR count). The monoisotopic (exact) mass is 292 g/mol. The first-order chi connectivity index (χ1) is 9.52. The van der Waals surface area contributed by atoms with Crippen LogP contribution in [0.15, 0.2) is 9.80 Å². The zero-order valence-corrected chi connectivity index (χ0v) is 13.9. The molecule has 0 aliphatic carbocycles. The molecule has 4 heteroatoms. The summed E-state index contributed by atoms with van der Waals surface area (Å²) in [7, 11) is 0. The molecule has 0 spiro atoms. The highest BCUT2D eigenvalue weighted by Gasteiger charge is 2.21. The van der Waals surface area contributed by atoms with Crippen LogP contribution in [0, 0.1) is 27.7 Å². The van der Waals surface area contributed by atoms with E-state index in [-0.39, 0.29) is 6.04 Å². The van der Waals surface area contributed by atoms with Crippen LogP contribution in [0.2, 0.25) is 0 Å². The Hall–Kier alpha value is -1.13. The van der Waals surface area contributed by atoms with E-state index in [9.17, 15) is 0 Å². The molecule has 1 unspecified atom stereocenters. The molecule has 1 atom stereocenters. The summed E-state index contributed by atoms with van der Waals surface area (Å²) in [6, 6.07) is 0.290. The standard InChI is InChI=1S/C16H24N2OS/c1-6-7-17-14(8-15-18-10(2)9-20-15)16-11(3)12(4)19-13(16)5/h9,14,17H,6-8H2,1-5H3. The van der Waals surface area contributed by atoms with Gasteiger partial charge in [-0.25, -0.2) is 4.98 Å². The number of nitrogens with zero attached hydrogens (tertiary/aromatic N) is 1. The van der Waals surface area contributed by atoms with Crippen molar-refractivity contribution < 1.29 is 4.42 Å². The lowest BCUT2D eigenvalue weighted by atomic mass is 9.99. The smallest absolute Gasteiger partial charge is 0.106 e. The van der Waals surface area contributed by atoms with Gasteiger partial charge in [-0.05, 0) is 46.2 Å². The van der Waals surface area contributed by atoms with Gasteiger partial charge in [0.15, 0.2) is 0 Å². The third-order valence-electron chi connectivity index (χ3n) is 3.65. The van der Waals surface area contributed by atoms with Gasteiger partial charge in [0.05, 0.1) is 5.01 Å². The lowest BCUT2D eigenvalue weighted by molar-refractivity contribution is 0.480. The van der Waals surface area contributed by atoms with Crippen LogP contribution in [0.3, 0.4) is 0 Å². The summed E-state index contributed by atoms with van der Waals surface area (Å²) in [6.07, 6.45) is 2.06. The van der Waals surface area contributed by atoms with E-state index in [4.69, 9.17) is 4.42 Å². The Morgan fingerprint density at radius 1 is 1.25 bits per heavy atom. The summed E-state index contributed by atoms with van der Waals surface area (Å²) in [5.41, 5.74) is 3.68. The number of rotatable bonds is 6. The van der Waals surface area contributed by atoms with E-state index >= 15 is 0 Å². The molecule has 3 nitrogen and oxygen atoms in total. The quantitative estimate of drug-likeness (QED) is 0.864. The van der Waals surface area contributed by atoms with E-state index in [1.165, 1.54) is 16.1 Å². The predicted molar refractivity (Wildman–Crippen MR) is 84.5 cm³/mol. The van der Waals surface area contributed by atoms with Gasteiger partial charge in [-0.1, -0.05) is 6.92 Å². The molecule has 2 aromatic heterocycles. The Labute approximate surface area is 125 Å². The van der Waals surface area contributed by atoms with Crippen LogP contribution in [0.5, 0.6) is 0 Å². The Morgan fingerprint density at radius 3 is 2.50 bits per heavy atom. The molecule has 2 heterocycles. The van der Waals surface area contributed by atoms with Crippen molar-refractivity contribution >= 4 is 11.3 Å². The zero-order chi connectivity index (χ0) is 14.7. The zero-order valence-electron chi connectivity index (χ0n) is 13.0. The number of furan rings is 1. The summed E-state index contributed by atoms with van der Waals surface area (Å²) >= 11 is 1.74. The van der Waals surface area contributed by atoms with Crippen LogP contribution in [0.4, 0.5) is 0 Å². The van der Waals surface area contributed by atoms with Crippen molar-refractivity contribution in [3.05, 3.63) is 38.7 Å². The highest BCUT2D eigenvalue weighted by Crippen LogP contribution is 2.30. The number of aromatic nitrogens is 1. The van der Waals surface area contributed by atoms with Gasteiger partial charge in [-0.3, -0.25) is 0 Å². The molecule has 0 radical (unpaired) electrons. The predicted octanol–water partition coefficient (Wildman–Crippen LogP) is 4.25. The summed E-state index contributed by atoms with van der Waals surface area (Å²) in [6.45, 7) is 11.5.